The maximum atomic E-state index is 13.2. The van der Waals surface area contributed by atoms with Crippen molar-refractivity contribution in [1.82, 2.24) is 15.0 Å². The van der Waals surface area contributed by atoms with Crippen LogP contribution in [0.5, 0.6) is 0 Å². The van der Waals surface area contributed by atoms with Gasteiger partial charge in [0.25, 0.3) is 5.91 Å². The number of aliphatic hydroxyl groups is 1. The third-order valence-electron chi connectivity index (χ3n) is 2.95. The molecule has 0 bridgehead atoms. The van der Waals surface area contributed by atoms with Crippen LogP contribution in [0.3, 0.4) is 0 Å². The number of amides is 1. The van der Waals surface area contributed by atoms with Crippen molar-refractivity contribution < 1.29 is 18.7 Å². The maximum Gasteiger partial charge on any atom is 0.367 e. The first-order chi connectivity index (χ1) is 10.2. The third-order valence-corrected chi connectivity index (χ3v) is 3.54. The summed E-state index contributed by atoms with van der Waals surface area (Å²) in [5.41, 5.74) is 1.71. The molecule has 0 aliphatic carbocycles. The molecule has 2 rings (SSSR count). The van der Waals surface area contributed by atoms with E-state index in [1.165, 1.54) is 0 Å². The summed E-state index contributed by atoms with van der Waals surface area (Å²) in [6.07, 6.45) is 0.765. The van der Waals surface area contributed by atoms with E-state index in [0.29, 0.717) is 10.7 Å². The van der Waals surface area contributed by atoms with Crippen LogP contribution < -0.4 is 5.32 Å². The number of hydrogen-bond donors (Lipinski definition) is 2. The number of alkyl halides is 2. The topological polar surface area (TPSA) is 80.0 Å². The fourth-order valence-corrected chi connectivity index (χ4v) is 1.92. The van der Waals surface area contributed by atoms with Gasteiger partial charge in [-0.05, 0) is 37.1 Å². The molecule has 6 nitrogen and oxygen atoms in total. The molecule has 1 aromatic carbocycles. The molecule has 22 heavy (non-hydrogen) atoms. The molecule has 2 aromatic rings. The first-order valence-corrected chi connectivity index (χ1v) is 6.62. The molecule has 0 spiro atoms. The van der Waals surface area contributed by atoms with Gasteiger partial charge >= 0.3 is 6.05 Å². The lowest BCUT2D eigenvalue weighted by atomic mass is 10.1. The summed E-state index contributed by atoms with van der Waals surface area (Å²) in [5.74, 6) is -0.693. The Morgan fingerprint density at radius 2 is 2.00 bits per heavy atom. The van der Waals surface area contributed by atoms with Crippen molar-refractivity contribution in [3.05, 3.63) is 40.2 Å². The van der Waals surface area contributed by atoms with E-state index in [4.69, 9.17) is 16.7 Å². The van der Waals surface area contributed by atoms with Gasteiger partial charge in [0.2, 0.25) is 0 Å². The largest absolute Gasteiger partial charge is 0.388 e. The van der Waals surface area contributed by atoms with Crippen molar-refractivity contribution in [2.24, 2.45) is 0 Å². The van der Waals surface area contributed by atoms with Crippen LogP contribution in [0.2, 0.25) is 5.02 Å². The highest BCUT2D eigenvalue weighted by Gasteiger charge is 2.32. The minimum absolute atomic E-state index is 0.139. The van der Waals surface area contributed by atoms with Crippen molar-refractivity contribution in [3.8, 4) is 0 Å². The van der Waals surface area contributed by atoms with Gasteiger partial charge in [-0.15, -0.1) is 5.10 Å². The van der Waals surface area contributed by atoms with Crippen molar-refractivity contribution in [2.75, 3.05) is 11.9 Å². The number of aryl methyl sites for hydroxylation is 2. The first kappa shape index (κ1) is 16.3. The molecule has 0 unspecified atom stereocenters. The summed E-state index contributed by atoms with van der Waals surface area (Å²) >= 11 is 6.03. The molecule has 0 atom stereocenters. The van der Waals surface area contributed by atoms with Crippen LogP contribution in [0.15, 0.2) is 18.3 Å². The zero-order valence-electron chi connectivity index (χ0n) is 11.8. The third kappa shape index (κ3) is 3.23. The van der Waals surface area contributed by atoms with E-state index in [1.807, 2.05) is 0 Å². The zero-order chi connectivity index (χ0) is 16.5. The number of aliphatic hydroxyl groups excluding tert-OH is 1. The van der Waals surface area contributed by atoms with Crippen LogP contribution in [-0.4, -0.2) is 32.6 Å². The number of hydrogen-bond acceptors (Lipinski definition) is 4. The summed E-state index contributed by atoms with van der Waals surface area (Å²) < 4.78 is 26.5. The van der Waals surface area contributed by atoms with Gasteiger partial charge in [-0.2, -0.15) is 13.5 Å². The molecule has 0 radical (unpaired) electrons. The number of benzene rings is 1. The van der Waals surface area contributed by atoms with Gasteiger partial charge in [0, 0.05) is 10.7 Å². The summed E-state index contributed by atoms with van der Waals surface area (Å²) in [4.78, 5) is 12.0. The van der Waals surface area contributed by atoms with Crippen LogP contribution in [0, 0.1) is 13.8 Å². The molecule has 0 fully saturated rings. The number of carbonyl (C=O) groups excluding carboxylic acids is 1. The van der Waals surface area contributed by atoms with Gasteiger partial charge in [-0.1, -0.05) is 16.8 Å². The van der Waals surface area contributed by atoms with Gasteiger partial charge in [0.05, 0.1) is 6.20 Å². The molecular formula is C13H13ClF2N4O2. The molecule has 1 heterocycles. The maximum absolute atomic E-state index is 13.2. The number of rotatable bonds is 4. The summed E-state index contributed by atoms with van der Waals surface area (Å²) in [6.45, 7) is 2.12. The lowest BCUT2D eigenvalue weighted by molar-refractivity contribution is -0.131. The summed E-state index contributed by atoms with van der Waals surface area (Å²) in [6, 6.07) is -0.307. The zero-order valence-corrected chi connectivity index (χ0v) is 12.5. The van der Waals surface area contributed by atoms with E-state index in [-0.39, 0.29) is 10.4 Å². The lowest BCUT2D eigenvalue weighted by Crippen LogP contribution is -2.27. The first-order valence-electron chi connectivity index (χ1n) is 6.24. The summed E-state index contributed by atoms with van der Waals surface area (Å²) in [7, 11) is 0. The van der Waals surface area contributed by atoms with Gasteiger partial charge in [0.15, 0.2) is 5.69 Å². The molecule has 1 amide bonds. The Labute approximate surface area is 129 Å². The second-order valence-corrected chi connectivity index (χ2v) is 5.13. The standard InChI is InChI=1S/C13H13ClF2N4O2/c1-7-3-9(4-8(2)11(7)14)17-12(22)10-5-20(19-18-10)13(15,16)6-21/h3-5,21H,6H2,1-2H3,(H,17,22). The van der Waals surface area contributed by atoms with E-state index >= 15 is 0 Å². The molecule has 0 saturated carbocycles. The fraction of sp³-hybridized carbons (Fsp3) is 0.308. The van der Waals surface area contributed by atoms with E-state index in [0.717, 1.165) is 17.3 Å². The second-order valence-electron chi connectivity index (χ2n) is 4.75. The van der Waals surface area contributed by atoms with Crippen molar-refractivity contribution in [1.29, 1.82) is 0 Å². The molecule has 1 aromatic heterocycles. The highest BCUT2D eigenvalue weighted by Crippen LogP contribution is 2.25. The lowest BCUT2D eigenvalue weighted by Gasteiger charge is -2.11. The Balaban J connectivity index is 2.20. The Morgan fingerprint density at radius 3 is 2.55 bits per heavy atom. The number of aromatic nitrogens is 3. The number of halogens is 3. The van der Waals surface area contributed by atoms with Crippen LogP contribution in [0.4, 0.5) is 14.5 Å². The quantitative estimate of drug-likeness (QED) is 0.901. The highest BCUT2D eigenvalue weighted by molar-refractivity contribution is 6.32. The Morgan fingerprint density at radius 1 is 1.41 bits per heavy atom. The van der Waals surface area contributed by atoms with Gasteiger partial charge in [-0.3, -0.25) is 4.79 Å². The number of nitrogens with zero attached hydrogens (tertiary/aromatic N) is 3. The Bertz CT molecular complexity index is 695. The fourth-order valence-electron chi connectivity index (χ4n) is 1.81. The molecule has 0 aliphatic rings. The van der Waals surface area contributed by atoms with Crippen molar-refractivity contribution >= 4 is 23.2 Å². The number of anilines is 1. The summed E-state index contributed by atoms with van der Waals surface area (Å²) in [5, 5.41) is 18.2. The normalized spacial score (nSPS) is 11.5. The minimum atomic E-state index is -3.61. The molecule has 0 aliphatic heterocycles. The van der Waals surface area contributed by atoms with Gasteiger partial charge in [-0.25, -0.2) is 0 Å². The molecule has 0 saturated heterocycles. The van der Waals surface area contributed by atoms with E-state index < -0.39 is 18.6 Å². The average Bonchev–Trinajstić information content (AvgIpc) is 2.95. The van der Waals surface area contributed by atoms with E-state index in [1.54, 1.807) is 26.0 Å². The van der Waals surface area contributed by atoms with Crippen LogP contribution in [-0.2, 0) is 6.05 Å². The van der Waals surface area contributed by atoms with Crippen molar-refractivity contribution in [3.63, 3.8) is 0 Å². The van der Waals surface area contributed by atoms with Crippen LogP contribution in [0.25, 0.3) is 0 Å². The number of carbonyl (C=O) groups is 1. The molecule has 2 N–H and O–H groups in total. The highest BCUT2D eigenvalue weighted by atomic mass is 35.5. The molecule has 9 heteroatoms. The Kier molecular flexibility index (Phi) is 4.43. The second kappa shape index (κ2) is 5.98. The van der Waals surface area contributed by atoms with E-state index in [9.17, 15) is 13.6 Å². The SMILES string of the molecule is Cc1cc(NC(=O)c2cn(C(F)(F)CO)nn2)cc(C)c1Cl. The molecular weight excluding hydrogens is 318 g/mol. The average molecular weight is 331 g/mol. The minimum Gasteiger partial charge on any atom is -0.388 e. The smallest absolute Gasteiger partial charge is 0.367 e. The Hall–Kier alpha value is -2.06. The van der Waals surface area contributed by atoms with Crippen LogP contribution >= 0.6 is 11.6 Å². The van der Waals surface area contributed by atoms with Crippen molar-refractivity contribution in [2.45, 2.75) is 19.9 Å². The predicted octanol–water partition coefficient (Wildman–Crippen LogP) is 2.34. The predicted molar refractivity (Wildman–Crippen MR) is 76.2 cm³/mol. The van der Waals surface area contributed by atoms with E-state index in [2.05, 4.69) is 15.6 Å². The van der Waals surface area contributed by atoms with Gasteiger partial charge in [0.1, 0.15) is 6.61 Å². The van der Waals surface area contributed by atoms with Gasteiger partial charge < -0.3 is 10.4 Å². The van der Waals surface area contributed by atoms with Crippen LogP contribution in [0.1, 0.15) is 21.6 Å². The molecule has 118 valence electrons. The number of nitrogens with one attached hydrogen (secondary N) is 1. The monoisotopic (exact) mass is 330 g/mol.